The van der Waals surface area contributed by atoms with Crippen LogP contribution in [0.1, 0.15) is 12.8 Å². The fraction of sp³-hybridized carbons (Fsp3) is 0.571. The molecule has 1 aliphatic rings. The highest BCUT2D eigenvalue weighted by Crippen LogP contribution is 2.29. The van der Waals surface area contributed by atoms with Crippen LogP contribution in [0.15, 0.2) is 34.1 Å². The molecule has 0 aromatic heterocycles. The first-order valence-electron chi connectivity index (χ1n) is 6.87. The van der Waals surface area contributed by atoms with Crippen molar-refractivity contribution in [3.05, 3.63) is 24.3 Å². The Hall–Kier alpha value is -0.560. The van der Waals surface area contributed by atoms with Crippen molar-refractivity contribution in [2.75, 3.05) is 32.9 Å². The van der Waals surface area contributed by atoms with Gasteiger partial charge in [-0.2, -0.15) is 4.31 Å². The van der Waals surface area contributed by atoms with Crippen LogP contribution in [-0.2, 0) is 10.0 Å². The average molecular weight is 314 g/mol. The number of nitrogens with one attached hydrogen (secondary N) is 1. The molecule has 0 saturated carbocycles. The summed E-state index contributed by atoms with van der Waals surface area (Å²) < 4.78 is 27.1. The lowest BCUT2D eigenvalue weighted by atomic mass is 9.98. The van der Waals surface area contributed by atoms with Crippen LogP contribution in [0, 0.1) is 5.92 Å². The van der Waals surface area contributed by atoms with Crippen LogP contribution >= 0.6 is 11.8 Å². The normalized spacial score (nSPS) is 18.3. The van der Waals surface area contributed by atoms with Gasteiger partial charge in [0.25, 0.3) is 0 Å². The molecule has 4 nitrogen and oxygen atoms in total. The number of rotatable bonds is 5. The maximum atomic E-state index is 12.7. The van der Waals surface area contributed by atoms with Crippen molar-refractivity contribution >= 4 is 21.8 Å². The van der Waals surface area contributed by atoms with Crippen LogP contribution in [0.4, 0.5) is 0 Å². The van der Waals surface area contributed by atoms with Crippen molar-refractivity contribution in [2.45, 2.75) is 22.6 Å². The second-order valence-corrected chi connectivity index (χ2v) is 7.81. The van der Waals surface area contributed by atoms with Gasteiger partial charge in [-0.3, -0.25) is 0 Å². The zero-order valence-electron chi connectivity index (χ0n) is 12.0. The highest BCUT2D eigenvalue weighted by Gasteiger charge is 2.30. The zero-order chi connectivity index (χ0) is 14.6. The summed E-state index contributed by atoms with van der Waals surface area (Å²) in [5.74, 6) is 0.585. The summed E-state index contributed by atoms with van der Waals surface area (Å²) in [6.45, 7) is 2.21. The summed E-state index contributed by atoms with van der Waals surface area (Å²) in [4.78, 5) is 1.27. The van der Waals surface area contributed by atoms with Gasteiger partial charge in [-0.25, -0.2) is 8.42 Å². The molecule has 0 unspecified atom stereocenters. The first-order chi connectivity index (χ1) is 9.59. The van der Waals surface area contributed by atoms with Crippen LogP contribution in [0.5, 0.6) is 0 Å². The third-order valence-electron chi connectivity index (χ3n) is 3.75. The molecule has 0 aliphatic carbocycles. The first-order valence-corrected chi connectivity index (χ1v) is 9.54. The van der Waals surface area contributed by atoms with Crippen molar-refractivity contribution in [2.24, 2.45) is 5.92 Å². The largest absolute Gasteiger partial charge is 0.319 e. The van der Waals surface area contributed by atoms with Gasteiger partial charge in [0, 0.05) is 18.0 Å². The average Bonchev–Trinajstić information content (AvgIpc) is 2.48. The number of thioether (sulfide) groups is 1. The van der Waals surface area contributed by atoms with E-state index in [0.717, 1.165) is 24.3 Å². The highest BCUT2D eigenvalue weighted by molar-refractivity contribution is 7.99. The molecule has 0 bridgehead atoms. The van der Waals surface area contributed by atoms with E-state index in [9.17, 15) is 8.42 Å². The Kier molecular flexibility index (Phi) is 5.49. The Morgan fingerprint density at radius 2 is 1.95 bits per heavy atom. The number of sulfonamides is 1. The number of piperidine rings is 1. The van der Waals surface area contributed by atoms with Crippen molar-refractivity contribution in [1.82, 2.24) is 9.62 Å². The molecule has 6 heteroatoms. The standard InChI is InChI=1S/C14H22N2O2S2/c1-15-11-12-7-9-16(10-8-12)20(17,18)14-6-4-3-5-13(14)19-2/h3-6,12,15H,7-11H2,1-2H3. The lowest BCUT2D eigenvalue weighted by molar-refractivity contribution is 0.270. The molecule has 0 amide bonds. The number of hydrogen-bond acceptors (Lipinski definition) is 4. The van der Waals surface area contributed by atoms with Gasteiger partial charge in [-0.05, 0) is 50.7 Å². The molecule has 1 aromatic carbocycles. The predicted molar refractivity (Wildman–Crippen MR) is 83.6 cm³/mol. The molecule has 1 aliphatic heterocycles. The van der Waals surface area contributed by atoms with E-state index < -0.39 is 10.0 Å². The van der Waals surface area contributed by atoms with Crippen molar-refractivity contribution < 1.29 is 8.42 Å². The molecule has 1 aromatic rings. The molecule has 0 radical (unpaired) electrons. The van der Waals surface area contributed by atoms with Crippen LogP contribution in [0.25, 0.3) is 0 Å². The van der Waals surface area contributed by atoms with E-state index in [-0.39, 0.29) is 0 Å². The summed E-state index contributed by atoms with van der Waals surface area (Å²) in [6, 6.07) is 7.25. The van der Waals surface area contributed by atoms with Gasteiger partial charge in [-0.1, -0.05) is 12.1 Å². The van der Waals surface area contributed by atoms with E-state index in [0.29, 0.717) is 23.9 Å². The van der Waals surface area contributed by atoms with Crippen LogP contribution < -0.4 is 5.32 Å². The molecule has 112 valence electrons. The van der Waals surface area contributed by atoms with E-state index >= 15 is 0 Å². The van der Waals surface area contributed by atoms with Crippen LogP contribution in [0.2, 0.25) is 0 Å². The minimum atomic E-state index is -3.35. The Balaban J connectivity index is 2.16. The molecule has 1 fully saturated rings. The van der Waals surface area contributed by atoms with Crippen LogP contribution in [-0.4, -0.2) is 45.7 Å². The smallest absolute Gasteiger partial charge is 0.244 e. The van der Waals surface area contributed by atoms with Gasteiger partial charge >= 0.3 is 0 Å². The van der Waals surface area contributed by atoms with E-state index in [2.05, 4.69) is 5.32 Å². The molecule has 1 N–H and O–H groups in total. The first kappa shape index (κ1) is 15.8. The van der Waals surface area contributed by atoms with Crippen LogP contribution in [0.3, 0.4) is 0 Å². The molecule has 1 heterocycles. The fourth-order valence-corrected chi connectivity index (χ4v) is 5.21. The molecule has 2 rings (SSSR count). The lowest BCUT2D eigenvalue weighted by Crippen LogP contribution is -2.40. The number of benzene rings is 1. The van der Waals surface area contributed by atoms with Gasteiger partial charge in [0.05, 0.1) is 4.90 Å². The maximum Gasteiger partial charge on any atom is 0.244 e. The highest BCUT2D eigenvalue weighted by atomic mass is 32.2. The lowest BCUT2D eigenvalue weighted by Gasteiger charge is -2.31. The van der Waals surface area contributed by atoms with Gasteiger partial charge in [-0.15, -0.1) is 11.8 Å². The summed E-state index contributed by atoms with van der Waals surface area (Å²) in [5, 5.41) is 3.17. The SMILES string of the molecule is CNCC1CCN(S(=O)(=O)c2ccccc2SC)CC1. The van der Waals surface area contributed by atoms with Gasteiger partial charge in [0.2, 0.25) is 10.0 Å². The second kappa shape index (κ2) is 6.93. The molecule has 1 saturated heterocycles. The maximum absolute atomic E-state index is 12.7. The Morgan fingerprint density at radius 3 is 2.55 bits per heavy atom. The molecule has 20 heavy (non-hydrogen) atoms. The Labute approximate surface area is 126 Å². The summed E-state index contributed by atoms with van der Waals surface area (Å²) in [7, 11) is -1.41. The third kappa shape index (κ3) is 3.36. The summed E-state index contributed by atoms with van der Waals surface area (Å²) in [6.07, 6.45) is 3.77. The van der Waals surface area contributed by atoms with E-state index in [4.69, 9.17) is 0 Å². The van der Waals surface area contributed by atoms with Crippen molar-refractivity contribution in [3.63, 3.8) is 0 Å². The Bertz CT molecular complexity index is 538. The van der Waals surface area contributed by atoms with E-state index in [1.54, 1.807) is 16.4 Å². The minimum Gasteiger partial charge on any atom is -0.319 e. The van der Waals surface area contributed by atoms with E-state index in [1.165, 1.54) is 11.8 Å². The third-order valence-corrected chi connectivity index (χ3v) is 6.64. The topological polar surface area (TPSA) is 49.4 Å². The summed E-state index contributed by atoms with van der Waals surface area (Å²) in [5.41, 5.74) is 0. The fourth-order valence-electron chi connectivity index (χ4n) is 2.61. The molecule has 0 spiro atoms. The van der Waals surface area contributed by atoms with Crippen molar-refractivity contribution in [1.29, 1.82) is 0 Å². The monoisotopic (exact) mass is 314 g/mol. The quantitative estimate of drug-likeness (QED) is 0.845. The Morgan fingerprint density at radius 1 is 1.30 bits per heavy atom. The van der Waals surface area contributed by atoms with Gasteiger partial charge in [0.1, 0.15) is 0 Å². The van der Waals surface area contributed by atoms with E-state index in [1.807, 2.05) is 25.4 Å². The number of hydrogen-bond donors (Lipinski definition) is 1. The zero-order valence-corrected chi connectivity index (χ0v) is 13.6. The summed E-state index contributed by atoms with van der Waals surface area (Å²) >= 11 is 1.48. The molecule has 0 atom stereocenters. The van der Waals surface area contributed by atoms with Crippen molar-refractivity contribution in [3.8, 4) is 0 Å². The minimum absolute atomic E-state index is 0.444. The number of nitrogens with zero attached hydrogens (tertiary/aromatic N) is 1. The molecular weight excluding hydrogens is 292 g/mol. The van der Waals surface area contributed by atoms with Gasteiger partial charge in [0.15, 0.2) is 0 Å². The van der Waals surface area contributed by atoms with Gasteiger partial charge < -0.3 is 5.32 Å². The second-order valence-electron chi connectivity index (χ2n) is 5.06. The molecular formula is C14H22N2O2S2. The predicted octanol–water partition coefficient (Wildman–Crippen LogP) is 2.03.